The number of rotatable bonds is 6. The number of hydrogen-bond donors (Lipinski definition) is 1. The summed E-state index contributed by atoms with van der Waals surface area (Å²) in [7, 11) is 0. The highest BCUT2D eigenvalue weighted by Crippen LogP contribution is 2.18. The van der Waals surface area contributed by atoms with Gasteiger partial charge in [-0.05, 0) is 50.2 Å². The summed E-state index contributed by atoms with van der Waals surface area (Å²) in [4.78, 5) is 18.9. The van der Waals surface area contributed by atoms with Crippen molar-refractivity contribution in [2.45, 2.75) is 20.3 Å². The molecule has 0 atom stereocenters. The zero-order chi connectivity index (χ0) is 16.9. The summed E-state index contributed by atoms with van der Waals surface area (Å²) >= 11 is 0. The first-order valence-electron chi connectivity index (χ1n) is 8.27. The van der Waals surface area contributed by atoms with E-state index in [1.54, 1.807) is 0 Å². The summed E-state index contributed by atoms with van der Waals surface area (Å²) in [6.45, 7) is 6.20. The Hall–Kier alpha value is -2.82. The van der Waals surface area contributed by atoms with E-state index < -0.39 is 0 Å². The molecule has 2 heterocycles. The quantitative estimate of drug-likeness (QED) is 0.757. The number of nitrogens with zero attached hydrogens (tertiary/aromatic N) is 3. The summed E-state index contributed by atoms with van der Waals surface area (Å²) in [5, 5.41) is 2.93. The molecule has 3 rings (SSSR count). The molecule has 2 aromatic heterocycles. The van der Waals surface area contributed by atoms with E-state index in [2.05, 4.69) is 29.0 Å². The second-order valence-electron chi connectivity index (χ2n) is 5.64. The number of carbonyl (C=O) groups excluding carboxylic acids is 1. The van der Waals surface area contributed by atoms with Gasteiger partial charge in [-0.2, -0.15) is 0 Å². The minimum atomic E-state index is -0.0611. The smallest absolute Gasteiger partial charge is 0.230 e. The van der Waals surface area contributed by atoms with Crippen molar-refractivity contribution in [2.75, 3.05) is 23.3 Å². The molecule has 0 aliphatic rings. The van der Waals surface area contributed by atoms with Gasteiger partial charge >= 0.3 is 0 Å². The SMILES string of the molecule is CCN(CC)c1ccc(NC(=O)Cc2cn3ccccc3n2)cc1. The minimum absolute atomic E-state index is 0.0611. The van der Waals surface area contributed by atoms with Gasteiger partial charge in [0.25, 0.3) is 0 Å². The van der Waals surface area contributed by atoms with E-state index in [0.29, 0.717) is 0 Å². The highest BCUT2D eigenvalue weighted by Gasteiger charge is 2.08. The molecule has 24 heavy (non-hydrogen) atoms. The Balaban J connectivity index is 1.64. The average molecular weight is 322 g/mol. The third-order valence-corrected chi connectivity index (χ3v) is 4.04. The molecule has 124 valence electrons. The van der Waals surface area contributed by atoms with Crippen LogP contribution in [0.1, 0.15) is 19.5 Å². The lowest BCUT2D eigenvalue weighted by molar-refractivity contribution is -0.115. The summed E-state index contributed by atoms with van der Waals surface area (Å²) in [5.41, 5.74) is 3.58. The van der Waals surface area contributed by atoms with Gasteiger partial charge in [0.2, 0.25) is 5.91 Å². The minimum Gasteiger partial charge on any atom is -0.372 e. The highest BCUT2D eigenvalue weighted by molar-refractivity contribution is 5.92. The van der Waals surface area contributed by atoms with Crippen LogP contribution in [-0.2, 0) is 11.2 Å². The molecule has 5 nitrogen and oxygen atoms in total. The maximum Gasteiger partial charge on any atom is 0.230 e. The Labute approximate surface area is 141 Å². The van der Waals surface area contributed by atoms with Crippen LogP contribution in [0.5, 0.6) is 0 Å². The Kier molecular flexibility index (Phi) is 4.79. The van der Waals surface area contributed by atoms with Gasteiger partial charge in [0.1, 0.15) is 5.65 Å². The second-order valence-corrected chi connectivity index (χ2v) is 5.64. The number of pyridine rings is 1. The molecular weight excluding hydrogens is 300 g/mol. The molecule has 0 spiro atoms. The first kappa shape index (κ1) is 16.1. The topological polar surface area (TPSA) is 49.6 Å². The Morgan fingerprint density at radius 3 is 2.54 bits per heavy atom. The van der Waals surface area contributed by atoms with Gasteiger partial charge in [0.05, 0.1) is 12.1 Å². The fourth-order valence-electron chi connectivity index (χ4n) is 2.79. The first-order chi connectivity index (χ1) is 11.7. The van der Waals surface area contributed by atoms with Crippen molar-refractivity contribution in [1.29, 1.82) is 0 Å². The second kappa shape index (κ2) is 7.17. The van der Waals surface area contributed by atoms with E-state index in [1.807, 2.05) is 59.3 Å². The van der Waals surface area contributed by atoms with E-state index in [-0.39, 0.29) is 12.3 Å². The van der Waals surface area contributed by atoms with Crippen LogP contribution in [0.15, 0.2) is 54.9 Å². The number of hydrogen-bond acceptors (Lipinski definition) is 3. The van der Waals surface area contributed by atoms with Crippen molar-refractivity contribution in [3.63, 3.8) is 0 Å². The van der Waals surface area contributed by atoms with Crippen molar-refractivity contribution in [2.24, 2.45) is 0 Å². The molecular formula is C19H22N4O. The van der Waals surface area contributed by atoms with Gasteiger partial charge in [0, 0.05) is 36.9 Å². The average Bonchev–Trinajstić information content (AvgIpc) is 2.99. The molecule has 1 amide bonds. The fraction of sp³-hybridized carbons (Fsp3) is 0.263. The number of carbonyl (C=O) groups is 1. The lowest BCUT2D eigenvalue weighted by Crippen LogP contribution is -2.21. The predicted molar refractivity (Wildman–Crippen MR) is 97.5 cm³/mol. The lowest BCUT2D eigenvalue weighted by atomic mass is 10.2. The molecule has 0 saturated heterocycles. The number of amides is 1. The molecule has 3 aromatic rings. The van der Waals surface area contributed by atoms with Crippen LogP contribution in [0, 0.1) is 0 Å². The predicted octanol–water partition coefficient (Wildman–Crippen LogP) is 3.36. The van der Waals surface area contributed by atoms with Crippen LogP contribution in [0.2, 0.25) is 0 Å². The van der Waals surface area contributed by atoms with Crippen LogP contribution >= 0.6 is 0 Å². The normalized spacial score (nSPS) is 10.8. The van der Waals surface area contributed by atoms with Crippen LogP contribution in [0.25, 0.3) is 5.65 Å². The Bertz CT molecular complexity index is 786. The fourth-order valence-corrected chi connectivity index (χ4v) is 2.79. The van der Waals surface area contributed by atoms with E-state index in [0.717, 1.165) is 30.1 Å². The van der Waals surface area contributed by atoms with Gasteiger partial charge in [0.15, 0.2) is 0 Å². The largest absolute Gasteiger partial charge is 0.372 e. The van der Waals surface area contributed by atoms with E-state index in [4.69, 9.17) is 0 Å². The number of aromatic nitrogens is 2. The van der Waals surface area contributed by atoms with E-state index in [9.17, 15) is 4.79 Å². The molecule has 1 aromatic carbocycles. The maximum absolute atomic E-state index is 12.2. The monoisotopic (exact) mass is 322 g/mol. The number of nitrogens with one attached hydrogen (secondary N) is 1. The van der Waals surface area contributed by atoms with Gasteiger partial charge in [-0.1, -0.05) is 6.07 Å². The van der Waals surface area contributed by atoms with Crippen molar-refractivity contribution < 1.29 is 4.79 Å². The van der Waals surface area contributed by atoms with Crippen molar-refractivity contribution in [3.05, 3.63) is 60.6 Å². The lowest BCUT2D eigenvalue weighted by Gasteiger charge is -2.21. The zero-order valence-corrected chi connectivity index (χ0v) is 14.1. The number of imidazole rings is 1. The molecule has 0 aliphatic carbocycles. The third-order valence-electron chi connectivity index (χ3n) is 4.04. The highest BCUT2D eigenvalue weighted by atomic mass is 16.1. The Morgan fingerprint density at radius 2 is 1.88 bits per heavy atom. The number of fused-ring (bicyclic) bond motifs is 1. The van der Waals surface area contributed by atoms with E-state index >= 15 is 0 Å². The van der Waals surface area contributed by atoms with Gasteiger partial charge in [-0.15, -0.1) is 0 Å². The molecule has 0 saturated carbocycles. The van der Waals surface area contributed by atoms with Crippen molar-refractivity contribution in [3.8, 4) is 0 Å². The summed E-state index contributed by atoms with van der Waals surface area (Å²) in [5.74, 6) is -0.0611. The molecule has 0 bridgehead atoms. The van der Waals surface area contributed by atoms with E-state index in [1.165, 1.54) is 5.69 Å². The zero-order valence-electron chi connectivity index (χ0n) is 14.1. The standard InChI is InChI=1S/C19H22N4O/c1-3-22(4-2)17-10-8-15(9-11-17)21-19(24)13-16-14-23-12-6-5-7-18(23)20-16/h5-12,14H,3-4,13H2,1-2H3,(H,21,24). The molecule has 0 unspecified atom stereocenters. The molecule has 0 aliphatic heterocycles. The van der Waals surface area contributed by atoms with Crippen LogP contribution in [0.4, 0.5) is 11.4 Å². The molecule has 5 heteroatoms. The summed E-state index contributed by atoms with van der Waals surface area (Å²) in [6, 6.07) is 13.7. The first-order valence-corrected chi connectivity index (χ1v) is 8.27. The molecule has 0 radical (unpaired) electrons. The van der Waals surface area contributed by atoms with Crippen LogP contribution < -0.4 is 10.2 Å². The van der Waals surface area contributed by atoms with Crippen molar-refractivity contribution in [1.82, 2.24) is 9.38 Å². The number of anilines is 2. The van der Waals surface area contributed by atoms with Crippen LogP contribution in [-0.4, -0.2) is 28.4 Å². The van der Waals surface area contributed by atoms with Crippen LogP contribution in [0.3, 0.4) is 0 Å². The van der Waals surface area contributed by atoms with Gasteiger partial charge < -0.3 is 14.6 Å². The Morgan fingerprint density at radius 1 is 1.12 bits per heavy atom. The molecule has 1 N–H and O–H groups in total. The van der Waals surface area contributed by atoms with Gasteiger partial charge in [-0.25, -0.2) is 4.98 Å². The number of benzene rings is 1. The van der Waals surface area contributed by atoms with Gasteiger partial charge in [-0.3, -0.25) is 4.79 Å². The maximum atomic E-state index is 12.2. The molecule has 0 fully saturated rings. The van der Waals surface area contributed by atoms with Crippen molar-refractivity contribution >= 4 is 22.9 Å². The summed E-state index contributed by atoms with van der Waals surface area (Å²) in [6.07, 6.45) is 4.08. The third kappa shape index (κ3) is 3.56. The summed E-state index contributed by atoms with van der Waals surface area (Å²) < 4.78 is 1.92.